The molecule has 0 bridgehead atoms. The first-order valence-electron chi connectivity index (χ1n) is 9.49. The summed E-state index contributed by atoms with van der Waals surface area (Å²) in [6.45, 7) is 4.80. The Morgan fingerprint density at radius 1 is 1.16 bits per heavy atom. The van der Waals surface area contributed by atoms with Crippen LogP contribution in [-0.4, -0.2) is 55.7 Å². The molecule has 3 N–H and O–H groups in total. The van der Waals surface area contributed by atoms with Crippen LogP contribution in [0.1, 0.15) is 24.8 Å². The maximum atomic E-state index is 12.4. The van der Waals surface area contributed by atoms with E-state index in [4.69, 9.17) is 4.74 Å². The molecule has 3 aliphatic rings. The number of rotatable bonds is 6. The first-order chi connectivity index (χ1) is 12.3. The van der Waals surface area contributed by atoms with E-state index in [0.29, 0.717) is 6.04 Å². The first kappa shape index (κ1) is 17.0. The van der Waals surface area contributed by atoms with E-state index in [2.05, 4.69) is 33.2 Å². The average Bonchev–Trinajstić information content (AvgIpc) is 3.38. The SMILES string of the molecule is O=C(Nc1ccc(CCN2CCOCC2)cc1)C1CC(C2CC2)NN1. The van der Waals surface area contributed by atoms with Crippen LogP contribution in [0.2, 0.25) is 0 Å². The van der Waals surface area contributed by atoms with Crippen LogP contribution in [0.4, 0.5) is 5.69 Å². The number of nitrogens with zero attached hydrogens (tertiary/aromatic N) is 1. The Bertz CT molecular complexity index is 582. The van der Waals surface area contributed by atoms with Crippen molar-refractivity contribution in [3.8, 4) is 0 Å². The molecule has 6 nitrogen and oxygen atoms in total. The smallest absolute Gasteiger partial charge is 0.242 e. The van der Waals surface area contributed by atoms with Crippen LogP contribution in [0, 0.1) is 5.92 Å². The van der Waals surface area contributed by atoms with Gasteiger partial charge < -0.3 is 10.1 Å². The van der Waals surface area contributed by atoms with Crippen molar-refractivity contribution < 1.29 is 9.53 Å². The molecule has 1 aromatic carbocycles. The number of benzene rings is 1. The second kappa shape index (κ2) is 7.83. The molecule has 0 radical (unpaired) electrons. The number of hydrogen-bond acceptors (Lipinski definition) is 5. The van der Waals surface area contributed by atoms with E-state index in [1.807, 2.05) is 12.1 Å². The minimum Gasteiger partial charge on any atom is -0.379 e. The van der Waals surface area contributed by atoms with Crippen LogP contribution in [0.25, 0.3) is 0 Å². The zero-order valence-corrected chi connectivity index (χ0v) is 14.7. The standard InChI is InChI=1S/C19H28N4O2/c24-19(18-13-17(21-22-18)15-3-4-15)20-16-5-1-14(2-6-16)7-8-23-9-11-25-12-10-23/h1-2,5-6,15,17-18,21-22H,3-4,7-13H2,(H,20,24). The summed E-state index contributed by atoms with van der Waals surface area (Å²) in [6, 6.07) is 8.57. The Hall–Kier alpha value is -1.47. The third-order valence-corrected chi connectivity index (χ3v) is 5.48. The van der Waals surface area contributed by atoms with Crippen molar-refractivity contribution in [2.24, 2.45) is 5.92 Å². The fourth-order valence-electron chi connectivity index (χ4n) is 3.66. The van der Waals surface area contributed by atoms with E-state index in [1.165, 1.54) is 18.4 Å². The third-order valence-electron chi connectivity index (χ3n) is 5.48. The normalized spacial score (nSPS) is 27.4. The van der Waals surface area contributed by atoms with E-state index in [-0.39, 0.29) is 11.9 Å². The van der Waals surface area contributed by atoms with E-state index < -0.39 is 0 Å². The fourth-order valence-corrected chi connectivity index (χ4v) is 3.66. The summed E-state index contributed by atoms with van der Waals surface area (Å²) in [5.41, 5.74) is 8.58. The lowest BCUT2D eigenvalue weighted by molar-refractivity contribution is -0.117. The zero-order valence-electron chi connectivity index (χ0n) is 14.7. The molecule has 1 saturated carbocycles. The summed E-state index contributed by atoms with van der Waals surface area (Å²) >= 11 is 0. The van der Waals surface area contributed by atoms with E-state index in [9.17, 15) is 4.79 Å². The lowest BCUT2D eigenvalue weighted by atomic mass is 10.1. The Kier molecular flexibility index (Phi) is 5.31. The van der Waals surface area contributed by atoms with Crippen molar-refractivity contribution in [2.45, 2.75) is 37.8 Å². The number of nitrogens with one attached hydrogen (secondary N) is 3. The van der Waals surface area contributed by atoms with Gasteiger partial charge in [-0.1, -0.05) is 12.1 Å². The molecule has 1 aromatic rings. The van der Waals surface area contributed by atoms with Gasteiger partial charge in [-0.25, -0.2) is 5.43 Å². The summed E-state index contributed by atoms with van der Waals surface area (Å²) in [7, 11) is 0. The minimum absolute atomic E-state index is 0.0525. The number of carbonyl (C=O) groups excluding carboxylic acids is 1. The number of carbonyl (C=O) groups is 1. The van der Waals surface area contributed by atoms with Gasteiger partial charge in [0.1, 0.15) is 6.04 Å². The Labute approximate surface area is 149 Å². The lowest BCUT2D eigenvalue weighted by Gasteiger charge is -2.26. The van der Waals surface area contributed by atoms with Crippen LogP contribution in [0.3, 0.4) is 0 Å². The van der Waals surface area contributed by atoms with E-state index in [1.54, 1.807) is 0 Å². The highest BCUT2D eigenvalue weighted by atomic mass is 16.5. The molecular weight excluding hydrogens is 316 g/mol. The van der Waals surface area contributed by atoms with Crippen molar-refractivity contribution in [1.82, 2.24) is 15.8 Å². The van der Waals surface area contributed by atoms with Crippen LogP contribution in [0.15, 0.2) is 24.3 Å². The van der Waals surface area contributed by atoms with Crippen molar-refractivity contribution in [3.05, 3.63) is 29.8 Å². The largest absolute Gasteiger partial charge is 0.379 e. The number of anilines is 1. The molecule has 0 aromatic heterocycles. The first-order valence-corrected chi connectivity index (χ1v) is 9.49. The van der Waals surface area contributed by atoms with Gasteiger partial charge in [-0.15, -0.1) is 0 Å². The maximum Gasteiger partial charge on any atom is 0.242 e. The topological polar surface area (TPSA) is 65.6 Å². The lowest BCUT2D eigenvalue weighted by Crippen LogP contribution is -2.40. The third kappa shape index (κ3) is 4.58. The minimum atomic E-state index is -0.133. The van der Waals surface area contributed by atoms with E-state index in [0.717, 1.165) is 57.3 Å². The quantitative estimate of drug-likeness (QED) is 0.722. The van der Waals surface area contributed by atoms with Crippen molar-refractivity contribution >= 4 is 11.6 Å². The Morgan fingerprint density at radius 2 is 1.92 bits per heavy atom. The van der Waals surface area contributed by atoms with Gasteiger partial charge in [-0.2, -0.15) is 0 Å². The van der Waals surface area contributed by atoms with Gasteiger partial charge >= 0.3 is 0 Å². The number of hydrogen-bond donors (Lipinski definition) is 3. The molecule has 0 spiro atoms. The molecule has 2 aliphatic heterocycles. The number of hydrazine groups is 1. The molecule has 2 heterocycles. The number of morpholine rings is 1. The zero-order chi connectivity index (χ0) is 17.1. The van der Waals surface area contributed by atoms with Gasteiger partial charge in [0, 0.05) is 31.4 Å². The predicted octanol–water partition coefficient (Wildman–Crippen LogP) is 1.14. The van der Waals surface area contributed by atoms with Gasteiger partial charge in [0.2, 0.25) is 5.91 Å². The predicted molar refractivity (Wildman–Crippen MR) is 97.2 cm³/mol. The van der Waals surface area contributed by atoms with Gasteiger partial charge in [-0.3, -0.25) is 15.1 Å². The Balaban J connectivity index is 1.23. The van der Waals surface area contributed by atoms with Crippen LogP contribution in [-0.2, 0) is 16.0 Å². The van der Waals surface area contributed by atoms with Crippen molar-refractivity contribution in [3.63, 3.8) is 0 Å². The van der Waals surface area contributed by atoms with Crippen molar-refractivity contribution in [2.75, 3.05) is 38.2 Å². The second-order valence-corrected chi connectivity index (χ2v) is 7.41. The highest BCUT2D eigenvalue weighted by Gasteiger charge is 2.38. The molecule has 136 valence electrons. The van der Waals surface area contributed by atoms with E-state index >= 15 is 0 Å². The molecule has 1 amide bonds. The van der Waals surface area contributed by atoms with Gasteiger partial charge in [0.25, 0.3) is 0 Å². The molecule has 2 atom stereocenters. The average molecular weight is 344 g/mol. The van der Waals surface area contributed by atoms with Gasteiger partial charge in [0.05, 0.1) is 13.2 Å². The molecule has 3 fully saturated rings. The fraction of sp³-hybridized carbons (Fsp3) is 0.632. The molecule has 6 heteroatoms. The van der Waals surface area contributed by atoms with Crippen molar-refractivity contribution in [1.29, 1.82) is 0 Å². The molecule has 2 saturated heterocycles. The summed E-state index contributed by atoms with van der Waals surface area (Å²) in [5, 5.41) is 3.03. The molecule has 1 aliphatic carbocycles. The monoisotopic (exact) mass is 344 g/mol. The number of ether oxygens (including phenoxy) is 1. The summed E-state index contributed by atoms with van der Waals surface area (Å²) in [5.74, 6) is 0.813. The van der Waals surface area contributed by atoms with Crippen LogP contribution < -0.4 is 16.2 Å². The van der Waals surface area contributed by atoms with Crippen LogP contribution >= 0.6 is 0 Å². The summed E-state index contributed by atoms with van der Waals surface area (Å²) in [4.78, 5) is 14.8. The molecule has 2 unspecified atom stereocenters. The molecule has 25 heavy (non-hydrogen) atoms. The summed E-state index contributed by atoms with van der Waals surface area (Å²) in [6.07, 6.45) is 4.50. The molecule has 4 rings (SSSR count). The summed E-state index contributed by atoms with van der Waals surface area (Å²) < 4.78 is 5.38. The van der Waals surface area contributed by atoms with Gasteiger partial charge in [0.15, 0.2) is 0 Å². The van der Waals surface area contributed by atoms with Gasteiger partial charge in [-0.05, 0) is 49.3 Å². The molecular formula is C19H28N4O2. The highest BCUT2D eigenvalue weighted by Crippen LogP contribution is 2.35. The van der Waals surface area contributed by atoms with Crippen LogP contribution in [0.5, 0.6) is 0 Å². The highest BCUT2D eigenvalue weighted by molar-refractivity contribution is 5.95. The second-order valence-electron chi connectivity index (χ2n) is 7.41. The number of amides is 1. The maximum absolute atomic E-state index is 12.4. The Morgan fingerprint density at radius 3 is 2.64 bits per heavy atom.